The minimum absolute atomic E-state index is 0.118. The first-order chi connectivity index (χ1) is 9.74. The fourth-order valence-electron chi connectivity index (χ4n) is 1.84. The summed E-state index contributed by atoms with van der Waals surface area (Å²) in [7, 11) is 0. The molecule has 0 aliphatic heterocycles. The summed E-state index contributed by atoms with van der Waals surface area (Å²) < 4.78 is 1.65. The van der Waals surface area contributed by atoms with E-state index in [2.05, 4.69) is 16.5 Å². The van der Waals surface area contributed by atoms with Gasteiger partial charge in [-0.3, -0.25) is 4.79 Å². The van der Waals surface area contributed by atoms with Gasteiger partial charge in [0, 0.05) is 12.2 Å². The number of benzene rings is 1. The van der Waals surface area contributed by atoms with E-state index < -0.39 is 0 Å². The highest BCUT2D eigenvalue weighted by molar-refractivity contribution is 5.94. The molecule has 0 fully saturated rings. The van der Waals surface area contributed by atoms with Crippen molar-refractivity contribution in [1.82, 2.24) is 15.1 Å². The lowest BCUT2D eigenvalue weighted by Crippen LogP contribution is -2.33. The number of rotatable bonds is 5. The second-order valence-electron chi connectivity index (χ2n) is 4.45. The summed E-state index contributed by atoms with van der Waals surface area (Å²) in [6.45, 7) is 1.94. The highest BCUT2D eigenvalue weighted by Crippen LogP contribution is 2.08. The van der Waals surface area contributed by atoms with Gasteiger partial charge in [-0.2, -0.15) is 10.4 Å². The van der Waals surface area contributed by atoms with Gasteiger partial charge in [-0.05, 0) is 18.6 Å². The van der Waals surface area contributed by atoms with E-state index in [-0.39, 0.29) is 11.9 Å². The Morgan fingerprint density at radius 3 is 2.85 bits per heavy atom. The van der Waals surface area contributed by atoms with E-state index >= 15 is 0 Å². The SMILES string of the molecule is CCC(CC#N)NC(=O)c1cnn(-c2ccccc2)c1. The fourth-order valence-corrected chi connectivity index (χ4v) is 1.84. The molecular weight excluding hydrogens is 252 g/mol. The average molecular weight is 268 g/mol. The Kier molecular flexibility index (Phi) is 4.51. The Morgan fingerprint density at radius 2 is 2.20 bits per heavy atom. The molecule has 0 radical (unpaired) electrons. The van der Waals surface area contributed by atoms with Crippen LogP contribution in [0.4, 0.5) is 0 Å². The first-order valence-corrected chi connectivity index (χ1v) is 6.52. The van der Waals surface area contributed by atoms with Crippen molar-refractivity contribution in [3.8, 4) is 11.8 Å². The van der Waals surface area contributed by atoms with Gasteiger partial charge in [0.15, 0.2) is 0 Å². The van der Waals surface area contributed by atoms with Crippen molar-refractivity contribution >= 4 is 5.91 Å². The maximum Gasteiger partial charge on any atom is 0.254 e. The molecule has 102 valence electrons. The van der Waals surface area contributed by atoms with Crippen molar-refractivity contribution < 1.29 is 4.79 Å². The molecule has 5 heteroatoms. The molecule has 0 aliphatic rings. The van der Waals surface area contributed by atoms with Crippen molar-refractivity contribution in [3.05, 3.63) is 48.3 Å². The highest BCUT2D eigenvalue weighted by Gasteiger charge is 2.13. The summed E-state index contributed by atoms with van der Waals surface area (Å²) in [6, 6.07) is 11.5. The quantitative estimate of drug-likeness (QED) is 0.904. The van der Waals surface area contributed by atoms with Gasteiger partial charge >= 0.3 is 0 Å². The van der Waals surface area contributed by atoms with Gasteiger partial charge in [-0.1, -0.05) is 25.1 Å². The monoisotopic (exact) mass is 268 g/mol. The van der Waals surface area contributed by atoms with Gasteiger partial charge in [0.1, 0.15) is 0 Å². The summed E-state index contributed by atoms with van der Waals surface area (Å²) in [4.78, 5) is 12.1. The average Bonchev–Trinajstić information content (AvgIpc) is 2.97. The molecule has 2 aromatic rings. The van der Waals surface area contributed by atoms with E-state index in [0.717, 1.165) is 12.1 Å². The smallest absolute Gasteiger partial charge is 0.254 e. The molecule has 1 aromatic carbocycles. The van der Waals surface area contributed by atoms with E-state index in [9.17, 15) is 4.79 Å². The Hall–Kier alpha value is -2.61. The normalized spacial score (nSPS) is 11.6. The zero-order chi connectivity index (χ0) is 14.4. The standard InChI is InChI=1S/C15H16N4O/c1-2-13(8-9-16)18-15(20)12-10-17-19(11-12)14-6-4-3-5-7-14/h3-7,10-11,13H,2,8H2,1H3,(H,18,20). The van der Waals surface area contributed by atoms with Crippen molar-refractivity contribution in [2.75, 3.05) is 0 Å². The van der Waals surface area contributed by atoms with Gasteiger partial charge in [-0.25, -0.2) is 4.68 Å². The number of aromatic nitrogens is 2. The van der Waals surface area contributed by atoms with Crippen LogP contribution in [0, 0.1) is 11.3 Å². The number of carbonyl (C=O) groups is 1. The van der Waals surface area contributed by atoms with Crippen LogP contribution in [0.1, 0.15) is 30.1 Å². The minimum atomic E-state index is -0.200. The zero-order valence-corrected chi connectivity index (χ0v) is 11.3. The van der Waals surface area contributed by atoms with Gasteiger partial charge in [0.05, 0.1) is 29.9 Å². The number of hydrogen-bond donors (Lipinski definition) is 1. The third-order valence-corrected chi connectivity index (χ3v) is 3.03. The Morgan fingerprint density at radius 1 is 1.45 bits per heavy atom. The number of amides is 1. The van der Waals surface area contributed by atoms with Crippen LogP contribution in [0.15, 0.2) is 42.7 Å². The maximum absolute atomic E-state index is 12.1. The van der Waals surface area contributed by atoms with Crippen LogP contribution in [0.3, 0.4) is 0 Å². The van der Waals surface area contributed by atoms with E-state index in [4.69, 9.17) is 5.26 Å². The summed E-state index contributed by atoms with van der Waals surface area (Å²) >= 11 is 0. The zero-order valence-electron chi connectivity index (χ0n) is 11.3. The number of nitriles is 1. The van der Waals surface area contributed by atoms with Crippen molar-refractivity contribution in [3.63, 3.8) is 0 Å². The Bertz CT molecular complexity index is 612. The predicted octanol–water partition coefficient (Wildman–Crippen LogP) is 2.29. The number of para-hydroxylation sites is 1. The third kappa shape index (κ3) is 3.23. The molecule has 1 unspecified atom stereocenters. The summed E-state index contributed by atoms with van der Waals surface area (Å²) in [5, 5.41) is 15.7. The van der Waals surface area contributed by atoms with E-state index in [0.29, 0.717) is 12.0 Å². The number of nitrogens with one attached hydrogen (secondary N) is 1. The van der Waals surface area contributed by atoms with Crippen molar-refractivity contribution in [1.29, 1.82) is 5.26 Å². The first kappa shape index (κ1) is 13.8. The van der Waals surface area contributed by atoms with Crippen LogP contribution in [-0.2, 0) is 0 Å². The molecule has 1 heterocycles. The number of carbonyl (C=O) groups excluding carboxylic acids is 1. The van der Waals surface area contributed by atoms with E-state index in [1.807, 2.05) is 37.3 Å². The maximum atomic E-state index is 12.1. The lowest BCUT2D eigenvalue weighted by molar-refractivity contribution is 0.0936. The van der Waals surface area contributed by atoms with E-state index in [1.54, 1.807) is 10.9 Å². The predicted molar refractivity (Wildman–Crippen MR) is 75.3 cm³/mol. The fraction of sp³-hybridized carbons (Fsp3) is 0.267. The van der Waals surface area contributed by atoms with E-state index in [1.165, 1.54) is 6.20 Å². The van der Waals surface area contributed by atoms with Gasteiger partial charge < -0.3 is 5.32 Å². The summed E-state index contributed by atoms with van der Waals surface area (Å²) in [6.07, 6.45) is 4.26. The second kappa shape index (κ2) is 6.53. The molecule has 1 N–H and O–H groups in total. The second-order valence-corrected chi connectivity index (χ2v) is 4.45. The van der Waals surface area contributed by atoms with Gasteiger partial charge in [-0.15, -0.1) is 0 Å². The molecule has 2 rings (SSSR count). The molecule has 1 atom stereocenters. The molecule has 0 saturated carbocycles. The Labute approximate surface area is 117 Å². The number of hydrogen-bond acceptors (Lipinski definition) is 3. The molecule has 0 bridgehead atoms. The molecule has 20 heavy (non-hydrogen) atoms. The lowest BCUT2D eigenvalue weighted by Gasteiger charge is -2.12. The molecule has 0 aliphatic carbocycles. The van der Waals surface area contributed by atoms with Crippen molar-refractivity contribution in [2.24, 2.45) is 0 Å². The topological polar surface area (TPSA) is 70.7 Å². The lowest BCUT2D eigenvalue weighted by atomic mass is 10.1. The van der Waals surface area contributed by atoms with Crippen LogP contribution < -0.4 is 5.32 Å². The van der Waals surface area contributed by atoms with Gasteiger partial charge in [0.25, 0.3) is 5.91 Å². The Balaban J connectivity index is 2.09. The minimum Gasteiger partial charge on any atom is -0.348 e. The highest BCUT2D eigenvalue weighted by atomic mass is 16.1. The largest absolute Gasteiger partial charge is 0.348 e. The number of nitrogens with zero attached hydrogens (tertiary/aromatic N) is 3. The third-order valence-electron chi connectivity index (χ3n) is 3.03. The first-order valence-electron chi connectivity index (χ1n) is 6.52. The van der Waals surface area contributed by atoms with Crippen LogP contribution in [0.5, 0.6) is 0 Å². The van der Waals surface area contributed by atoms with Crippen LogP contribution in [-0.4, -0.2) is 21.7 Å². The van der Waals surface area contributed by atoms with Crippen molar-refractivity contribution in [2.45, 2.75) is 25.8 Å². The van der Waals surface area contributed by atoms with Crippen LogP contribution >= 0.6 is 0 Å². The van der Waals surface area contributed by atoms with Gasteiger partial charge in [0.2, 0.25) is 0 Å². The molecular formula is C15H16N4O. The van der Waals surface area contributed by atoms with Crippen LogP contribution in [0.25, 0.3) is 5.69 Å². The summed E-state index contributed by atoms with van der Waals surface area (Å²) in [5.74, 6) is -0.200. The van der Waals surface area contributed by atoms with Crippen LogP contribution in [0.2, 0.25) is 0 Å². The molecule has 1 aromatic heterocycles. The molecule has 1 amide bonds. The molecule has 5 nitrogen and oxygen atoms in total. The summed E-state index contributed by atoms with van der Waals surface area (Å²) in [5.41, 5.74) is 1.39. The molecule has 0 saturated heterocycles. The molecule has 0 spiro atoms.